The lowest BCUT2D eigenvalue weighted by Crippen LogP contribution is -2.53. The molecule has 0 amide bonds. The summed E-state index contributed by atoms with van der Waals surface area (Å²) in [6.07, 6.45) is 7.45. The molecule has 0 aromatic carbocycles. The number of piperidine rings is 1. The minimum Gasteiger partial charge on any atom is -0.387 e. The average Bonchev–Trinajstić information content (AvgIpc) is 3.14. The molecule has 0 bridgehead atoms. The number of hydrogen-bond donors (Lipinski definition) is 2. The highest BCUT2D eigenvalue weighted by atomic mass is 16.3. The fourth-order valence-electron chi connectivity index (χ4n) is 3.06. The molecule has 0 aromatic rings. The molecule has 2 atom stereocenters. The zero-order valence-electron chi connectivity index (χ0n) is 10.5. The van der Waals surface area contributed by atoms with E-state index in [0.717, 1.165) is 13.1 Å². The molecule has 1 heterocycles. The van der Waals surface area contributed by atoms with E-state index in [1.165, 1.54) is 38.5 Å². The summed E-state index contributed by atoms with van der Waals surface area (Å²) in [5, 5.41) is 10.6. The average molecular weight is 226 g/mol. The quantitative estimate of drug-likeness (QED) is 0.744. The van der Waals surface area contributed by atoms with Gasteiger partial charge in [-0.25, -0.2) is 0 Å². The second-order valence-corrected chi connectivity index (χ2v) is 5.61. The number of nitrogens with two attached hydrogens (primary N) is 1. The van der Waals surface area contributed by atoms with Crippen molar-refractivity contribution in [2.45, 2.75) is 57.1 Å². The highest BCUT2D eigenvalue weighted by Gasteiger charge is 2.44. The maximum absolute atomic E-state index is 10.6. The third-order valence-electron chi connectivity index (χ3n) is 4.39. The van der Waals surface area contributed by atoms with Gasteiger partial charge in [0, 0.05) is 19.1 Å². The van der Waals surface area contributed by atoms with Gasteiger partial charge in [-0.15, -0.1) is 0 Å². The Morgan fingerprint density at radius 1 is 1.31 bits per heavy atom. The van der Waals surface area contributed by atoms with E-state index in [1.54, 1.807) is 0 Å². The van der Waals surface area contributed by atoms with Crippen molar-refractivity contribution in [2.24, 2.45) is 11.7 Å². The zero-order valence-corrected chi connectivity index (χ0v) is 10.5. The summed E-state index contributed by atoms with van der Waals surface area (Å²) in [4.78, 5) is 2.48. The van der Waals surface area contributed by atoms with Crippen LogP contribution in [0.4, 0.5) is 0 Å². The number of rotatable bonds is 5. The number of β-amino-alcohol motifs (C(OH)–C–C–N with tert-alkyl or cyclic N) is 1. The molecular formula is C13H26N2O. The van der Waals surface area contributed by atoms with Gasteiger partial charge in [-0.1, -0.05) is 13.3 Å². The lowest BCUT2D eigenvalue weighted by molar-refractivity contribution is -0.0273. The van der Waals surface area contributed by atoms with Crippen molar-refractivity contribution in [1.82, 2.24) is 4.90 Å². The van der Waals surface area contributed by atoms with Crippen molar-refractivity contribution < 1.29 is 5.11 Å². The van der Waals surface area contributed by atoms with Crippen LogP contribution in [0, 0.1) is 5.92 Å². The molecule has 2 fully saturated rings. The molecule has 3 N–H and O–H groups in total. The second-order valence-electron chi connectivity index (χ2n) is 5.61. The van der Waals surface area contributed by atoms with E-state index in [9.17, 15) is 5.11 Å². The van der Waals surface area contributed by atoms with Crippen LogP contribution in [-0.4, -0.2) is 41.3 Å². The number of hydrogen-bond acceptors (Lipinski definition) is 3. The molecule has 2 aliphatic rings. The number of likely N-dealkylation sites (tertiary alicyclic amines) is 1. The molecule has 1 saturated heterocycles. The Labute approximate surface area is 99.0 Å². The largest absolute Gasteiger partial charge is 0.387 e. The summed E-state index contributed by atoms with van der Waals surface area (Å²) in [6.45, 7) is 4.62. The van der Waals surface area contributed by atoms with Gasteiger partial charge in [-0.2, -0.15) is 0 Å². The van der Waals surface area contributed by atoms with Gasteiger partial charge in [0.25, 0.3) is 0 Å². The van der Waals surface area contributed by atoms with Gasteiger partial charge in [0.05, 0.1) is 5.60 Å². The molecule has 1 saturated carbocycles. The first-order valence-corrected chi connectivity index (χ1v) is 6.86. The second kappa shape index (κ2) is 5.03. The standard InChI is InChI=1S/C13H26N2O/c1-2-12-5-3-4-8-15(12)10-13(16,9-14)11-6-7-11/h11-12,16H,2-10,14H2,1H3. The maximum atomic E-state index is 10.6. The summed E-state index contributed by atoms with van der Waals surface area (Å²) < 4.78 is 0. The van der Waals surface area contributed by atoms with E-state index in [2.05, 4.69) is 11.8 Å². The minimum atomic E-state index is -0.606. The summed E-state index contributed by atoms with van der Waals surface area (Å²) in [7, 11) is 0. The van der Waals surface area contributed by atoms with Gasteiger partial charge < -0.3 is 10.8 Å². The van der Waals surface area contributed by atoms with Crippen LogP contribution in [0.5, 0.6) is 0 Å². The van der Waals surface area contributed by atoms with Gasteiger partial charge in [0.1, 0.15) is 0 Å². The first kappa shape index (κ1) is 12.3. The van der Waals surface area contributed by atoms with Crippen LogP contribution in [0.3, 0.4) is 0 Å². The van der Waals surface area contributed by atoms with Crippen molar-refractivity contribution in [2.75, 3.05) is 19.6 Å². The Balaban J connectivity index is 1.94. The Kier molecular flexibility index (Phi) is 3.88. The molecule has 1 aliphatic carbocycles. The predicted octanol–water partition coefficient (Wildman–Crippen LogP) is 1.35. The fourth-order valence-corrected chi connectivity index (χ4v) is 3.06. The van der Waals surface area contributed by atoms with Gasteiger partial charge in [-0.3, -0.25) is 4.90 Å². The van der Waals surface area contributed by atoms with Gasteiger partial charge in [-0.05, 0) is 44.6 Å². The Hall–Kier alpha value is -0.120. The lowest BCUT2D eigenvalue weighted by Gasteiger charge is -2.40. The van der Waals surface area contributed by atoms with Crippen molar-refractivity contribution in [3.05, 3.63) is 0 Å². The number of nitrogens with zero attached hydrogens (tertiary/aromatic N) is 1. The van der Waals surface area contributed by atoms with Crippen molar-refractivity contribution >= 4 is 0 Å². The molecule has 94 valence electrons. The SMILES string of the molecule is CCC1CCCCN1CC(O)(CN)C1CC1. The Morgan fingerprint density at radius 3 is 2.62 bits per heavy atom. The first-order valence-electron chi connectivity index (χ1n) is 6.86. The van der Waals surface area contributed by atoms with Crippen LogP contribution in [0.2, 0.25) is 0 Å². The highest BCUT2D eigenvalue weighted by molar-refractivity contribution is 4.98. The third kappa shape index (κ3) is 2.58. The number of aliphatic hydroxyl groups is 1. The fraction of sp³-hybridized carbons (Fsp3) is 1.00. The first-order chi connectivity index (χ1) is 7.69. The smallest absolute Gasteiger partial charge is 0.0923 e. The molecule has 16 heavy (non-hydrogen) atoms. The maximum Gasteiger partial charge on any atom is 0.0923 e. The normalized spacial score (nSPS) is 31.3. The lowest BCUT2D eigenvalue weighted by atomic mass is 9.93. The van der Waals surface area contributed by atoms with Crippen LogP contribution in [-0.2, 0) is 0 Å². The molecule has 2 rings (SSSR count). The molecular weight excluding hydrogens is 200 g/mol. The van der Waals surface area contributed by atoms with Crippen LogP contribution >= 0.6 is 0 Å². The summed E-state index contributed by atoms with van der Waals surface area (Å²) >= 11 is 0. The molecule has 3 heteroatoms. The zero-order chi connectivity index (χ0) is 11.6. The molecule has 2 unspecified atom stereocenters. The Morgan fingerprint density at radius 2 is 2.06 bits per heavy atom. The van der Waals surface area contributed by atoms with E-state index in [1.807, 2.05) is 0 Å². The monoisotopic (exact) mass is 226 g/mol. The summed E-state index contributed by atoms with van der Waals surface area (Å²) in [6, 6.07) is 0.672. The Bertz CT molecular complexity index is 230. The summed E-state index contributed by atoms with van der Waals surface area (Å²) in [5.41, 5.74) is 5.17. The molecule has 0 aromatic heterocycles. The summed E-state index contributed by atoms with van der Waals surface area (Å²) in [5.74, 6) is 0.469. The van der Waals surface area contributed by atoms with Crippen molar-refractivity contribution in [3.8, 4) is 0 Å². The van der Waals surface area contributed by atoms with Gasteiger partial charge in [0.2, 0.25) is 0 Å². The van der Waals surface area contributed by atoms with E-state index in [0.29, 0.717) is 18.5 Å². The van der Waals surface area contributed by atoms with Crippen LogP contribution < -0.4 is 5.73 Å². The van der Waals surface area contributed by atoms with Crippen molar-refractivity contribution in [3.63, 3.8) is 0 Å². The third-order valence-corrected chi connectivity index (χ3v) is 4.39. The van der Waals surface area contributed by atoms with E-state index in [4.69, 9.17) is 5.73 Å². The van der Waals surface area contributed by atoms with Gasteiger partial charge in [0.15, 0.2) is 0 Å². The highest BCUT2D eigenvalue weighted by Crippen LogP contribution is 2.40. The molecule has 0 radical (unpaired) electrons. The molecule has 1 aliphatic heterocycles. The minimum absolute atomic E-state index is 0.421. The van der Waals surface area contributed by atoms with Gasteiger partial charge >= 0.3 is 0 Å². The van der Waals surface area contributed by atoms with Crippen LogP contribution in [0.15, 0.2) is 0 Å². The molecule has 0 spiro atoms. The molecule has 3 nitrogen and oxygen atoms in total. The van der Waals surface area contributed by atoms with Crippen LogP contribution in [0.25, 0.3) is 0 Å². The topological polar surface area (TPSA) is 49.5 Å². The predicted molar refractivity (Wildman–Crippen MR) is 66.2 cm³/mol. The van der Waals surface area contributed by atoms with E-state index in [-0.39, 0.29) is 0 Å². The van der Waals surface area contributed by atoms with E-state index < -0.39 is 5.60 Å². The van der Waals surface area contributed by atoms with Crippen molar-refractivity contribution in [1.29, 1.82) is 0 Å². The van der Waals surface area contributed by atoms with Crippen LogP contribution in [0.1, 0.15) is 45.4 Å². The van der Waals surface area contributed by atoms with E-state index >= 15 is 0 Å².